The van der Waals surface area contributed by atoms with Crippen LogP contribution >= 0.6 is 11.6 Å². The Morgan fingerprint density at radius 3 is 2.90 bits per heavy atom. The van der Waals surface area contributed by atoms with Crippen molar-refractivity contribution in [3.05, 3.63) is 35.0 Å². The average molecular weight is 290 g/mol. The number of hydrogen-bond donors (Lipinski definition) is 2. The van der Waals surface area contributed by atoms with Gasteiger partial charge in [-0.25, -0.2) is 0 Å². The van der Waals surface area contributed by atoms with E-state index in [9.17, 15) is 4.79 Å². The highest BCUT2D eigenvalue weighted by molar-refractivity contribution is 6.30. The molecule has 0 bridgehead atoms. The molecule has 1 aromatic carbocycles. The normalized spacial score (nSPS) is 14.9. The first-order chi connectivity index (χ1) is 9.65. The molecule has 0 saturated heterocycles. The number of carbonyl (C=O) groups excluding carboxylic acids is 1. The molecular weight excluding hydrogens is 274 g/mol. The largest absolute Gasteiger partial charge is 0.322 e. The van der Waals surface area contributed by atoms with E-state index in [0.717, 1.165) is 41.9 Å². The highest BCUT2D eigenvalue weighted by atomic mass is 35.5. The number of H-pyrrole nitrogens is 1. The first kappa shape index (κ1) is 13.2. The fraction of sp³-hybridized carbons (Fsp3) is 0.333. The SMILES string of the molecule is Cc1[nH]nc(-c2cccc(Cl)c2)c1NC(=O)C1CCC1. The standard InChI is InChI=1S/C15H16ClN3O/c1-9-13(17-15(20)10-4-2-5-10)14(19-18-9)11-6-3-7-12(16)8-11/h3,6-8,10H,2,4-5H2,1H3,(H,17,20)(H,18,19). The van der Waals surface area contributed by atoms with Crippen molar-refractivity contribution in [1.82, 2.24) is 10.2 Å². The Hall–Kier alpha value is -1.81. The predicted octanol–water partition coefficient (Wildman–Crippen LogP) is 3.78. The van der Waals surface area contributed by atoms with Crippen molar-refractivity contribution in [1.29, 1.82) is 0 Å². The summed E-state index contributed by atoms with van der Waals surface area (Å²) in [4.78, 5) is 12.1. The fourth-order valence-electron chi connectivity index (χ4n) is 2.32. The van der Waals surface area contributed by atoms with E-state index < -0.39 is 0 Å². The van der Waals surface area contributed by atoms with Gasteiger partial charge in [-0.1, -0.05) is 30.2 Å². The minimum absolute atomic E-state index is 0.0871. The Balaban J connectivity index is 1.90. The molecule has 5 heteroatoms. The molecule has 1 saturated carbocycles. The van der Waals surface area contributed by atoms with E-state index in [1.54, 1.807) is 0 Å². The van der Waals surface area contributed by atoms with Crippen LogP contribution in [-0.2, 0) is 4.79 Å². The van der Waals surface area contributed by atoms with Crippen molar-refractivity contribution < 1.29 is 4.79 Å². The van der Waals surface area contributed by atoms with Gasteiger partial charge in [-0.05, 0) is 31.9 Å². The van der Waals surface area contributed by atoms with Gasteiger partial charge in [0.25, 0.3) is 0 Å². The van der Waals surface area contributed by atoms with Crippen LogP contribution in [0.15, 0.2) is 24.3 Å². The quantitative estimate of drug-likeness (QED) is 0.903. The highest BCUT2D eigenvalue weighted by Crippen LogP contribution is 2.32. The van der Waals surface area contributed by atoms with Crippen molar-refractivity contribution in [3.8, 4) is 11.3 Å². The molecule has 0 radical (unpaired) electrons. The second-order valence-corrected chi connectivity index (χ2v) is 5.64. The number of hydrogen-bond acceptors (Lipinski definition) is 2. The Labute approximate surface area is 122 Å². The van der Waals surface area contributed by atoms with E-state index >= 15 is 0 Å². The lowest BCUT2D eigenvalue weighted by molar-refractivity contribution is -0.122. The zero-order chi connectivity index (χ0) is 14.1. The number of amides is 1. The number of anilines is 1. The lowest BCUT2D eigenvalue weighted by Gasteiger charge is -2.24. The van der Waals surface area contributed by atoms with Crippen LogP contribution in [0.5, 0.6) is 0 Å². The lowest BCUT2D eigenvalue weighted by Crippen LogP contribution is -2.28. The van der Waals surface area contributed by atoms with Crippen molar-refractivity contribution in [3.63, 3.8) is 0 Å². The Morgan fingerprint density at radius 1 is 1.45 bits per heavy atom. The average Bonchev–Trinajstić information content (AvgIpc) is 2.69. The topological polar surface area (TPSA) is 57.8 Å². The summed E-state index contributed by atoms with van der Waals surface area (Å²) in [6, 6.07) is 7.47. The maximum atomic E-state index is 12.1. The molecule has 0 atom stereocenters. The number of nitrogens with zero attached hydrogens (tertiary/aromatic N) is 1. The number of halogens is 1. The molecule has 0 unspecified atom stereocenters. The molecule has 2 aromatic rings. The second-order valence-electron chi connectivity index (χ2n) is 5.20. The minimum atomic E-state index is 0.0871. The van der Waals surface area contributed by atoms with Crippen molar-refractivity contribution in [2.45, 2.75) is 26.2 Å². The molecule has 20 heavy (non-hydrogen) atoms. The zero-order valence-corrected chi connectivity index (χ0v) is 12.0. The number of aromatic amines is 1. The molecule has 1 heterocycles. The number of aryl methyl sites for hydroxylation is 1. The molecule has 1 amide bonds. The van der Waals surface area contributed by atoms with Crippen molar-refractivity contribution in [2.24, 2.45) is 5.92 Å². The van der Waals surface area contributed by atoms with Crippen LogP contribution in [-0.4, -0.2) is 16.1 Å². The minimum Gasteiger partial charge on any atom is -0.322 e. The van der Waals surface area contributed by atoms with Gasteiger partial charge >= 0.3 is 0 Å². The smallest absolute Gasteiger partial charge is 0.227 e. The summed E-state index contributed by atoms with van der Waals surface area (Å²) in [5.74, 6) is 0.237. The molecule has 1 fully saturated rings. The highest BCUT2D eigenvalue weighted by Gasteiger charge is 2.26. The van der Waals surface area contributed by atoms with Gasteiger partial charge < -0.3 is 5.32 Å². The zero-order valence-electron chi connectivity index (χ0n) is 11.2. The molecule has 4 nitrogen and oxygen atoms in total. The molecule has 104 valence electrons. The van der Waals surface area contributed by atoms with Gasteiger partial charge in [0.1, 0.15) is 5.69 Å². The summed E-state index contributed by atoms with van der Waals surface area (Å²) in [6.07, 6.45) is 3.11. The van der Waals surface area contributed by atoms with Crippen molar-refractivity contribution >= 4 is 23.2 Å². The number of aromatic nitrogens is 2. The second kappa shape index (κ2) is 5.29. The summed E-state index contributed by atoms with van der Waals surface area (Å²) in [6.45, 7) is 1.90. The maximum absolute atomic E-state index is 12.1. The monoisotopic (exact) mass is 289 g/mol. The molecule has 1 aromatic heterocycles. The van der Waals surface area contributed by atoms with E-state index in [1.807, 2.05) is 31.2 Å². The molecular formula is C15H16ClN3O. The number of nitrogens with one attached hydrogen (secondary N) is 2. The van der Waals surface area contributed by atoms with Gasteiger partial charge in [-0.15, -0.1) is 0 Å². The third-order valence-corrected chi connectivity index (χ3v) is 4.00. The van der Waals surface area contributed by atoms with Gasteiger partial charge in [0.2, 0.25) is 5.91 Å². The molecule has 0 spiro atoms. The van der Waals surface area contributed by atoms with Crippen molar-refractivity contribution in [2.75, 3.05) is 5.32 Å². The third-order valence-electron chi connectivity index (χ3n) is 3.77. The number of benzene rings is 1. The van der Waals surface area contributed by atoms with E-state index in [-0.39, 0.29) is 11.8 Å². The van der Waals surface area contributed by atoms with Gasteiger partial charge in [0.15, 0.2) is 0 Å². The van der Waals surface area contributed by atoms with Crippen LogP contribution in [0.4, 0.5) is 5.69 Å². The number of carbonyl (C=O) groups is 1. The summed E-state index contributed by atoms with van der Waals surface area (Å²) < 4.78 is 0. The molecule has 1 aliphatic carbocycles. The predicted molar refractivity (Wildman–Crippen MR) is 79.7 cm³/mol. The van der Waals surface area contributed by atoms with Gasteiger partial charge in [0.05, 0.1) is 11.4 Å². The summed E-state index contributed by atoms with van der Waals surface area (Å²) in [5, 5.41) is 10.9. The van der Waals surface area contributed by atoms with Crippen LogP contribution in [0.2, 0.25) is 5.02 Å². The van der Waals surface area contributed by atoms with Crippen LogP contribution in [0, 0.1) is 12.8 Å². The van der Waals surface area contributed by atoms with E-state index in [0.29, 0.717) is 5.02 Å². The van der Waals surface area contributed by atoms with Crippen LogP contribution < -0.4 is 5.32 Å². The Kier molecular flexibility index (Phi) is 3.49. The molecule has 3 rings (SSSR count). The van der Waals surface area contributed by atoms with Gasteiger partial charge in [0, 0.05) is 16.5 Å². The van der Waals surface area contributed by atoms with Gasteiger partial charge in [-0.3, -0.25) is 9.89 Å². The number of rotatable bonds is 3. The van der Waals surface area contributed by atoms with E-state index in [4.69, 9.17) is 11.6 Å². The summed E-state index contributed by atoms with van der Waals surface area (Å²) in [5.41, 5.74) is 3.24. The molecule has 1 aliphatic rings. The lowest BCUT2D eigenvalue weighted by atomic mass is 9.85. The third kappa shape index (κ3) is 2.43. The molecule has 0 aliphatic heterocycles. The van der Waals surface area contributed by atoms with E-state index in [2.05, 4.69) is 15.5 Å². The van der Waals surface area contributed by atoms with Crippen LogP contribution in [0.3, 0.4) is 0 Å². The Morgan fingerprint density at radius 2 is 2.25 bits per heavy atom. The van der Waals surface area contributed by atoms with Crippen LogP contribution in [0.25, 0.3) is 11.3 Å². The summed E-state index contributed by atoms with van der Waals surface area (Å²) >= 11 is 6.02. The Bertz CT molecular complexity index is 646. The molecule has 2 N–H and O–H groups in total. The van der Waals surface area contributed by atoms with E-state index in [1.165, 1.54) is 0 Å². The first-order valence-electron chi connectivity index (χ1n) is 6.77. The fourth-order valence-corrected chi connectivity index (χ4v) is 2.51. The first-order valence-corrected chi connectivity index (χ1v) is 7.14. The van der Waals surface area contributed by atoms with Gasteiger partial charge in [-0.2, -0.15) is 5.10 Å². The maximum Gasteiger partial charge on any atom is 0.227 e. The van der Waals surface area contributed by atoms with Crippen LogP contribution in [0.1, 0.15) is 25.0 Å². The summed E-state index contributed by atoms with van der Waals surface area (Å²) in [7, 11) is 0.